The molecule has 2 heterocycles. The number of nitrogens with zero attached hydrogens (tertiary/aromatic N) is 3. The molecule has 1 aliphatic rings. The van der Waals surface area contributed by atoms with Gasteiger partial charge in [-0.25, -0.2) is 9.97 Å². The van der Waals surface area contributed by atoms with Gasteiger partial charge >= 0.3 is 0 Å². The van der Waals surface area contributed by atoms with E-state index in [0.717, 1.165) is 23.9 Å². The maximum atomic E-state index is 5.73. The molecular formula is C11H18N4OS. The lowest BCUT2D eigenvalue weighted by atomic mass is 10.2. The highest BCUT2D eigenvalue weighted by Crippen LogP contribution is 2.21. The summed E-state index contributed by atoms with van der Waals surface area (Å²) in [4.78, 5) is 10.7. The van der Waals surface area contributed by atoms with Crippen LogP contribution in [0, 0.1) is 0 Å². The maximum absolute atomic E-state index is 5.73. The Labute approximate surface area is 106 Å². The van der Waals surface area contributed by atoms with E-state index in [-0.39, 0.29) is 12.2 Å². The lowest BCUT2D eigenvalue weighted by Crippen LogP contribution is -2.49. The normalized spacial score (nSPS) is 25.0. The van der Waals surface area contributed by atoms with Crippen LogP contribution in [0.5, 0.6) is 0 Å². The summed E-state index contributed by atoms with van der Waals surface area (Å²) in [7, 11) is 0. The molecule has 0 aliphatic carbocycles. The van der Waals surface area contributed by atoms with Crippen LogP contribution in [0.4, 0.5) is 5.82 Å². The minimum absolute atomic E-state index is 0.0893. The Hall–Kier alpha value is -0.850. The second-order valence-electron chi connectivity index (χ2n) is 4.13. The summed E-state index contributed by atoms with van der Waals surface area (Å²) in [5.74, 6) is 0.956. The monoisotopic (exact) mass is 254 g/mol. The molecule has 1 aliphatic heterocycles. The summed E-state index contributed by atoms with van der Waals surface area (Å²) in [6.07, 6.45) is 3.90. The highest BCUT2D eigenvalue weighted by Gasteiger charge is 2.25. The van der Waals surface area contributed by atoms with Gasteiger partial charge in [0, 0.05) is 25.7 Å². The van der Waals surface area contributed by atoms with Gasteiger partial charge in [0.1, 0.15) is 17.2 Å². The third-order valence-corrected chi connectivity index (χ3v) is 3.39. The smallest absolute Gasteiger partial charge is 0.133 e. The molecule has 2 N–H and O–H groups in total. The second-order valence-corrected chi connectivity index (χ2v) is 4.95. The summed E-state index contributed by atoms with van der Waals surface area (Å²) < 4.78 is 5.73. The average molecular weight is 254 g/mol. The minimum atomic E-state index is 0.0893. The molecule has 17 heavy (non-hydrogen) atoms. The van der Waals surface area contributed by atoms with E-state index in [1.807, 2.05) is 12.3 Å². The third kappa shape index (κ3) is 3.08. The van der Waals surface area contributed by atoms with Gasteiger partial charge in [-0.15, -0.1) is 11.8 Å². The molecule has 94 valence electrons. The standard InChI is InChI=1S/C11H18N4OS/c1-8-5-15(6-9(4-12)16-8)10-3-11(17-2)14-7-13-10/h3,7-9H,4-6,12H2,1-2H3. The van der Waals surface area contributed by atoms with Gasteiger partial charge in [-0.2, -0.15) is 0 Å². The Bertz CT molecular complexity index is 376. The molecule has 2 rings (SSSR count). The predicted molar refractivity (Wildman–Crippen MR) is 69.4 cm³/mol. The van der Waals surface area contributed by atoms with E-state index in [4.69, 9.17) is 10.5 Å². The van der Waals surface area contributed by atoms with Crippen LogP contribution in [0.2, 0.25) is 0 Å². The van der Waals surface area contributed by atoms with Gasteiger partial charge in [0.05, 0.1) is 12.2 Å². The zero-order valence-electron chi connectivity index (χ0n) is 10.2. The predicted octanol–water partition coefficient (Wildman–Crippen LogP) is 0.751. The van der Waals surface area contributed by atoms with Gasteiger partial charge in [-0.3, -0.25) is 0 Å². The van der Waals surface area contributed by atoms with Crippen molar-refractivity contribution in [1.82, 2.24) is 9.97 Å². The molecule has 0 aromatic carbocycles. The van der Waals surface area contributed by atoms with Crippen molar-refractivity contribution in [2.45, 2.75) is 24.2 Å². The summed E-state index contributed by atoms with van der Waals surface area (Å²) in [6.45, 7) is 4.25. The van der Waals surface area contributed by atoms with Crippen LogP contribution in [0.25, 0.3) is 0 Å². The fourth-order valence-corrected chi connectivity index (χ4v) is 2.35. The summed E-state index contributed by atoms with van der Waals surface area (Å²) in [6, 6.07) is 2.01. The first-order valence-corrected chi connectivity index (χ1v) is 6.92. The van der Waals surface area contributed by atoms with Crippen molar-refractivity contribution in [2.24, 2.45) is 5.73 Å². The van der Waals surface area contributed by atoms with Crippen molar-refractivity contribution in [1.29, 1.82) is 0 Å². The van der Waals surface area contributed by atoms with E-state index in [9.17, 15) is 0 Å². The molecule has 0 radical (unpaired) electrons. The number of anilines is 1. The average Bonchev–Trinajstić information content (AvgIpc) is 2.38. The van der Waals surface area contributed by atoms with Crippen LogP contribution in [-0.4, -0.2) is 48.1 Å². The number of aromatic nitrogens is 2. The highest BCUT2D eigenvalue weighted by molar-refractivity contribution is 7.98. The van der Waals surface area contributed by atoms with Gasteiger partial charge in [0.25, 0.3) is 0 Å². The van der Waals surface area contributed by atoms with Crippen LogP contribution in [0.15, 0.2) is 17.4 Å². The molecule has 2 unspecified atom stereocenters. The van der Waals surface area contributed by atoms with Gasteiger partial charge in [-0.05, 0) is 13.2 Å². The lowest BCUT2D eigenvalue weighted by Gasteiger charge is -2.37. The summed E-state index contributed by atoms with van der Waals surface area (Å²) >= 11 is 1.62. The molecule has 1 saturated heterocycles. The van der Waals surface area contributed by atoms with Gasteiger partial charge in [-0.1, -0.05) is 0 Å². The molecule has 2 atom stereocenters. The summed E-state index contributed by atoms with van der Waals surface area (Å²) in [5, 5.41) is 0.985. The van der Waals surface area contributed by atoms with E-state index in [0.29, 0.717) is 6.54 Å². The van der Waals surface area contributed by atoms with Crippen LogP contribution in [-0.2, 0) is 4.74 Å². The number of hydrogen-bond acceptors (Lipinski definition) is 6. The van der Waals surface area contributed by atoms with Gasteiger partial charge < -0.3 is 15.4 Å². The fraction of sp³-hybridized carbons (Fsp3) is 0.636. The van der Waals surface area contributed by atoms with Gasteiger partial charge in [0.15, 0.2) is 0 Å². The van der Waals surface area contributed by atoms with Gasteiger partial charge in [0.2, 0.25) is 0 Å². The molecule has 0 saturated carbocycles. The molecule has 0 amide bonds. The van der Waals surface area contributed by atoms with E-state index < -0.39 is 0 Å². The van der Waals surface area contributed by atoms with E-state index in [1.54, 1.807) is 18.1 Å². The highest BCUT2D eigenvalue weighted by atomic mass is 32.2. The molecule has 1 fully saturated rings. The Morgan fingerprint density at radius 3 is 3.06 bits per heavy atom. The Balaban J connectivity index is 2.14. The zero-order valence-corrected chi connectivity index (χ0v) is 11.0. The zero-order chi connectivity index (χ0) is 12.3. The van der Waals surface area contributed by atoms with Crippen LogP contribution < -0.4 is 10.6 Å². The molecule has 6 heteroatoms. The topological polar surface area (TPSA) is 64.3 Å². The fourth-order valence-electron chi connectivity index (χ4n) is 1.98. The number of ether oxygens (including phenoxy) is 1. The number of thioether (sulfide) groups is 1. The van der Waals surface area contributed by atoms with Crippen molar-refractivity contribution in [3.63, 3.8) is 0 Å². The molecule has 1 aromatic rings. The van der Waals surface area contributed by atoms with Crippen molar-refractivity contribution in [2.75, 3.05) is 30.8 Å². The largest absolute Gasteiger partial charge is 0.370 e. The Morgan fingerprint density at radius 2 is 2.35 bits per heavy atom. The minimum Gasteiger partial charge on any atom is -0.370 e. The van der Waals surface area contributed by atoms with Crippen LogP contribution in [0.3, 0.4) is 0 Å². The molecule has 0 spiro atoms. The molecule has 1 aromatic heterocycles. The van der Waals surface area contributed by atoms with Crippen molar-refractivity contribution >= 4 is 17.6 Å². The lowest BCUT2D eigenvalue weighted by molar-refractivity contribution is -0.0107. The SMILES string of the molecule is CSc1cc(N2CC(C)OC(CN)C2)ncn1. The maximum Gasteiger partial charge on any atom is 0.133 e. The molecule has 0 bridgehead atoms. The van der Waals surface area contributed by atoms with Crippen molar-refractivity contribution in [3.05, 3.63) is 12.4 Å². The van der Waals surface area contributed by atoms with Crippen LogP contribution in [0.1, 0.15) is 6.92 Å². The van der Waals surface area contributed by atoms with E-state index in [1.165, 1.54) is 0 Å². The number of nitrogens with two attached hydrogens (primary N) is 1. The number of hydrogen-bond donors (Lipinski definition) is 1. The molecular weight excluding hydrogens is 236 g/mol. The van der Waals surface area contributed by atoms with Crippen molar-refractivity contribution < 1.29 is 4.74 Å². The van der Waals surface area contributed by atoms with Crippen LogP contribution >= 0.6 is 11.8 Å². The third-order valence-electron chi connectivity index (χ3n) is 2.75. The number of rotatable bonds is 3. The number of morpholine rings is 1. The Kier molecular flexibility index (Phi) is 4.20. The van der Waals surface area contributed by atoms with E-state index >= 15 is 0 Å². The molecule has 5 nitrogen and oxygen atoms in total. The quantitative estimate of drug-likeness (QED) is 0.634. The first-order chi connectivity index (χ1) is 8.22. The van der Waals surface area contributed by atoms with E-state index in [2.05, 4.69) is 21.8 Å². The first kappa shape index (κ1) is 12.6. The summed E-state index contributed by atoms with van der Waals surface area (Å²) in [5.41, 5.74) is 5.67. The Morgan fingerprint density at radius 1 is 1.53 bits per heavy atom. The first-order valence-electron chi connectivity index (χ1n) is 5.69. The van der Waals surface area contributed by atoms with Crippen molar-refractivity contribution in [3.8, 4) is 0 Å². The second kappa shape index (κ2) is 5.66.